The van der Waals surface area contributed by atoms with Gasteiger partial charge in [-0.05, 0) is 93.0 Å². The second-order valence-electron chi connectivity index (χ2n) is 12.0. The monoisotopic (exact) mass is 560 g/mol. The van der Waals surface area contributed by atoms with Gasteiger partial charge < -0.3 is 9.47 Å². The summed E-state index contributed by atoms with van der Waals surface area (Å²) in [6.07, 6.45) is -1.44. The average Bonchev–Trinajstić information content (AvgIpc) is 2.90. The predicted octanol–water partition coefficient (Wildman–Crippen LogP) is 8.55. The molecule has 3 unspecified atom stereocenters. The smallest absolute Gasteiger partial charge is 0.339 e. The zero-order valence-electron chi connectivity index (χ0n) is 25.9. The van der Waals surface area contributed by atoms with Crippen molar-refractivity contribution >= 4 is 11.9 Å². The Labute approximate surface area is 249 Å². The topological polar surface area (TPSA) is 52.6 Å². The standard InChI is InChI=1S/C38H40O4/c1-21-17-24(4)32(25(5)18-21)37(39)41-35-28(8)30-15-11-12-16-31(30)34(29-14-10-9-13-23(29)3)36(35)42-38(40)33-26(6)19-22(2)20-27(33)7/h9-20,28,34-36H,1-8H3/t28?,34-,35?,36?/m0/s1. The highest BCUT2D eigenvalue weighted by Gasteiger charge is 2.47. The molecule has 0 spiro atoms. The fourth-order valence-corrected chi connectivity index (χ4v) is 6.99. The molecule has 0 amide bonds. The average molecular weight is 561 g/mol. The van der Waals surface area contributed by atoms with Gasteiger partial charge in [0.05, 0.1) is 17.0 Å². The van der Waals surface area contributed by atoms with Crippen LogP contribution in [-0.2, 0) is 9.47 Å². The number of rotatable bonds is 5. The first-order valence-electron chi connectivity index (χ1n) is 14.7. The normalized spacial score (nSPS) is 19.6. The minimum absolute atomic E-state index is 0.200. The summed E-state index contributed by atoms with van der Waals surface area (Å²) < 4.78 is 13.0. The van der Waals surface area contributed by atoms with Crippen molar-refractivity contribution in [2.45, 2.75) is 79.4 Å². The van der Waals surface area contributed by atoms with E-state index in [9.17, 15) is 9.59 Å². The van der Waals surface area contributed by atoms with Gasteiger partial charge >= 0.3 is 11.9 Å². The number of ether oxygens (including phenoxy) is 2. The molecule has 1 aliphatic rings. The van der Waals surface area contributed by atoms with E-state index in [2.05, 4.69) is 38.1 Å². The molecule has 4 atom stereocenters. The molecule has 0 aromatic heterocycles. The Morgan fingerprint density at radius 1 is 0.524 bits per heavy atom. The van der Waals surface area contributed by atoms with Crippen molar-refractivity contribution < 1.29 is 19.1 Å². The molecule has 216 valence electrons. The van der Waals surface area contributed by atoms with Crippen molar-refractivity contribution in [1.82, 2.24) is 0 Å². The van der Waals surface area contributed by atoms with Gasteiger partial charge in [-0.2, -0.15) is 0 Å². The minimum Gasteiger partial charge on any atom is -0.454 e. The Morgan fingerprint density at radius 3 is 1.40 bits per heavy atom. The van der Waals surface area contributed by atoms with E-state index >= 15 is 0 Å². The lowest BCUT2D eigenvalue weighted by molar-refractivity contribution is -0.0533. The van der Waals surface area contributed by atoms with Crippen LogP contribution in [0.3, 0.4) is 0 Å². The molecule has 0 saturated heterocycles. The van der Waals surface area contributed by atoms with Gasteiger partial charge in [0.2, 0.25) is 0 Å². The Balaban J connectivity index is 1.66. The molecule has 4 aromatic carbocycles. The molecule has 4 heteroatoms. The van der Waals surface area contributed by atoms with Crippen molar-refractivity contribution in [3.8, 4) is 0 Å². The summed E-state index contributed by atoms with van der Waals surface area (Å²) in [5.41, 5.74) is 11.1. The van der Waals surface area contributed by atoms with Crippen LogP contribution in [0.4, 0.5) is 0 Å². The maximum absolute atomic E-state index is 14.0. The molecule has 42 heavy (non-hydrogen) atoms. The molecule has 0 aliphatic heterocycles. The van der Waals surface area contributed by atoms with E-state index in [0.29, 0.717) is 11.1 Å². The molecule has 4 aromatic rings. The maximum atomic E-state index is 14.0. The maximum Gasteiger partial charge on any atom is 0.339 e. The van der Waals surface area contributed by atoms with Crippen LogP contribution in [0.15, 0.2) is 72.8 Å². The second-order valence-corrected chi connectivity index (χ2v) is 12.0. The SMILES string of the molecule is Cc1cc(C)c(C(=O)OC2C(C)c3ccccc3[C@H](c3ccccc3C)C2OC(=O)c2c(C)cc(C)cc2C)c(C)c1. The van der Waals surface area contributed by atoms with Crippen molar-refractivity contribution in [2.24, 2.45) is 0 Å². The van der Waals surface area contributed by atoms with Crippen LogP contribution in [-0.4, -0.2) is 24.1 Å². The molecular weight excluding hydrogens is 520 g/mol. The van der Waals surface area contributed by atoms with Crippen LogP contribution < -0.4 is 0 Å². The van der Waals surface area contributed by atoms with Crippen LogP contribution in [0.2, 0.25) is 0 Å². The van der Waals surface area contributed by atoms with Crippen LogP contribution in [0, 0.1) is 48.5 Å². The molecule has 0 radical (unpaired) electrons. The molecular formula is C38H40O4. The number of hydrogen-bond donors (Lipinski definition) is 0. The molecule has 0 N–H and O–H groups in total. The highest BCUT2D eigenvalue weighted by molar-refractivity contribution is 5.94. The number of carbonyl (C=O) groups is 2. The summed E-state index contributed by atoms with van der Waals surface area (Å²) in [7, 11) is 0. The van der Waals surface area contributed by atoms with E-state index in [4.69, 9.17) is 9.47 Å². The van der Waals surface area contributed by atoms with E-state index in [1.807, 2.05) is 90.1 Å². The first-order valence-corrected chi connectivity index (χ1v) is 14.7. The van der Waals surface area contributed by atoms with Gasteiger partial charge in [0.15, 0.2) is 6.10 Å². The quantitative estimate of drug-likeness (QED) is 0.230. The lowest BCUT2D eigenvalue weighted by atomic mass is 9.70. The molecule has 0 saturated carbocycles. The van der Waals surface area contributed by atoms with E-state index in [-0.39, 0.29) is 11.8 Å². The van der Waals surface area contributed by atoms with Gasteiger partial charge in [-0.25, -0.2) is 9.59 Å². The molecule has 4 nitrogen and oxygen atoms in total. The Bertz CT molecular complexity index is 1630. The first-order chi connectivity index (χ1) is 20.0. The number of aryl methyl sites for hydroxylation is 7. The minimum atomic E-state index is -0.737. The zero-order chi connectivity index (χ0) is 30.3. The summed E-state index contributed by atoms with van der Waals surface area (Å²) >= 11 is 0. The summed E-state index contributed by atoms with van der Waals surface area (Å²) in [6, 6.07) is 24.4. The van der Waals surface area contributed by atoms with Gasteiger partial charge in [0, 0.05) is 5.92 Å². The van der Waals surface area contributed by atoms with E-state index in [1.54, 1.807) is 0 Å². The lowest BCUT2D eigenvalue weighted by Gasteiger charge is -2.42. The number of hydrogen-bond acceptors (Lipinski definition) is 4. The van der Waals surface area contributed by atoms with E-state index in [0.717, 1.165) is 55.6 Å². The molecule has 0 heterocycles. The number of carbonyl (C=O) groups excluding carboxylic acids is 2. The van der Waals surface area contributed by atoms with Crippen molar-refractivity contribution in [1.29, 1.82) is 0 Å². The Kier molecular flexibility index (Phi) is 8.10. The summed E-state index contributed by atoms with van der Waals surface area (Å²) in [4.78, 5) is 27.9. The number of benzene rings is 4. The highest BCUT2D eigenvalue weighted by Crippen LogP contribution is 2.46. The van der Waals surface area contributed by atoms with E-state index in [1.165, 1.54) is 0 Å². The van der Waals surface area contributed by atoms with Gasteiger partial charge in [-0.1, -0.05) is 90.8 Å². The Hall–Kier alpha value is -4.18. The summed E-state index contributed by atoms with van der Waals surface area (Å²) in [5.74, 6) is -1.31. The fraction of sp³-hybridized carbons (Fsp3) is 0.316. The van der Waals surface area contributed by atoms with Crippen molar-refractivity contribution in [2.75, 3.05) is 0 Å². The summed E-state index contributed by atoms with van der Waals surface area (Å²) in [6.45, 7) is 15.9. The Morgan fingerprint density at radius 2 is 0.929 bits per heavy atom. The zero-order valence-corrected chi connectivity index (χ0v) is 25.9. The van der Waals surface area contributed by atoms with Gasteiger partial charge in [0.1, 0.15) is 6.10 Å². The molecule has 5 rings (SSSR count). The van der Waals surface area contributed by atoms with Crippen LogP contribution in [0.5, 0.6) is 0 Å². The third-order valence-corrected chi connectivity index (χ3v) is 8.74. The predicted molar refractivity (Wildman–Crippen MR) is 168 cm³/mol. The fourth-order valence-electron chi connectivity index (χ4n) is 6.99. The third kappa shape index (κ3) is 5.38. The number of fused-ring (bicyclic) bond motifs is 1. The van der Waals surface area contributed by atoms with Gasteiger partial charge in [-0.3, -0.25) is 0 Å². The molecule has 1 aliphatic carbocycles. The van der Waals surface area contributed by atoms with Crippen LogP contribution in [0.1, 0.15) is 95.1 Å². The van der Waals surface area contributed by atoms with E-state index < -0.39 is 24.1 Å². The van der Waals surface area contributed by atoms with Crippen molar-refractivity contribution in [3.63, 3.8) is 0 Å². The molecule has 0 bridgehead atoms. The first kappa shape index (κ1) is 29.3. The number of esters is 2. The summed E-state index contributed by atoms with van der Waals surface area (Å²) in [5, 5.41) is 0. The highest BCUT2D eigenvalue weighted by atomic mass is 16.6. The van der Waals surface area contributed by atoms with Gasteiger partial charge in [0.25, 0.3) is 0 Å². The van der Waals surface area contributed by atoms with Gasteiger partial charge in [-0.15, -0.1) is 0 Å². The third-order valence-electron chi connectivity index (χ3n) is 8.74. The van der Waals surface area contributed by atoms with Crippen molar-refractivity contribution in [3.05, 3.63) is 140 Å². The second kappa shape index (κ2) is 11.6. The largest absolute Gasteiger partial charge is 0.454 e. The van der Waals surface area contributed by atoms with Crippen LogP contribution >= 0.6 is 0 Å². The molecule has 0 fully saturated rings. The lowest BCUT2D eigenvalue weighted by Crippen LogP contribution is -2.47. The van der Waals surface area contributed by atoms with Crippen LogP contribution in [0.25, 0.3) is 0 Å².